The smallest absolute Gasteiger partial charge is 0.184 e. The Morgan fingerprint density at radius 3 is 2.64 bits per heavy atom. The Kier molecular flexibility index (Phi) is 4.07. The van der Waals surface area contributed by atoms with E-state index in [0.29, 0.717) is 0 Å². The van der Waals surface area contributed by atoms with Crippen LogP contribution in [0.4, 0.5) is 0 Å². The Balaban J connectivity index is 2.59. The summed E-state index contributed by atoms with van der Waals surface area (Å²) in [5.41, 5.74) is 10.0. The monoisotopic (exact) mass is 207 g/mol. The summed E-state index contributed by atoms with van der Waals surface area (Å²) in [7, 11) is 0. The number of nitrogens with one attached hydrogen (secondary N) is 1. The van der Waals surface area contributed by atoms with Gasteiger partial charge in [-0.3, -0.25) is 5.43 Å². The maximum absolute atomic E-state index is 5.21. The van der Waals surface area contributed by atoms with Gasteiger partial charge in [-0.15, -0.1) is 0 Å². The summed E-state index contributed by atoms with van der Waals surface area (Å²) in [4.78, 5) is 0. The Labute approximate surface area is 89.0 Å². The van der Waals surface area contributed by atoms with Crippen molar-refractivity contribution >= 4 is 23.5 Å². The second-order valence-corrected chi connectivity index (χ2v) is 3.27. The van der Waals surface area contributed by atoms with Crippen molar-refractivity contribution in [3.63, 3.8) is 0 Å². The second kappa shape index (κ2) is 5.34. The molecule has 0 bridgehead atoms. The molecule has 3 N–H and O–H groups in total. The van der Waals surface area contributed by atoms with Gasteiger partial charge in [0, 0.05) is 0 Å². The molecule has 0 atom stereocenters. The van der Waals surface area contributed by atoms with Crippen LogP contribution in [0.2, 0.25) is 0 Å². The molecule has 1 rings (SSSR count). The van der Waals surface area contributed by atoms with E-state index in [-0.39, 0.29) is 5.11 Å². The Morgan fingerprint density at radius 1 is 1.50 bits per heavy atom. The number of aryl methyl sites for hydroxylation is 1. The molecule has 0 aliphatic carbocycles. The molecular formula is C10H13N3S. The molecule has 0 unspecified atom stereocenters. The molecule has 4 heteroatoms. The molecule has 0 aliphatic rings. The molecule has 0 saturated heterocycles. The van der Waals surface area contributed by atoms with E-state index in [9.17, 15) is 0 Å². The van der Waals surface area contributed by atoms with Gasteiger partial charge in [-0.05, 0) is 29.8 Å². The van der Waals surface area contributed by atoms with Gasteiger partial charge in [-0.25, -0.2) is 0 Å². The van der Waals surface area contributed by atoms with E-state index in [1.165, 1.54) is 5.56 Å². The van der Waals surface area contributed by atoms with Crippen molar-refractivity contribution in [1.82, 2.24) is 5.43 Å². The minimum atomic E-state index is 0.173. The Hall–Kier alpha value is -1.42. The highest BCUT2D eigenvalue weighted by Crippen LogP contribution is 2.02. The van der Waals surface area contributed by atoms with E-state index in [1.54, 1.807) is 6.21 Å². The normalized spacial score (nSPS) is 10.4. The highest BCUT2D eigenvalue weighted by atomic mass is 32.1. The summed E-state index contributed by atoms with van der Waals surface area (Å²) in [5, 5.41) is 4.03. The molecule has 0 saturated carbocycles. The lowest BCUT2D eigenvalue weighted by Gasteiger charge is -1.97. The summed E-state index contributed by atoms with van der Waals surface area (Å²) in [6, 6.07) is 8.15. The molecule has 74 valence electrons. The van der Waals surface area contributed by atoms with Crippen LogP contribution in [0.3, 0.4) is 0 Å². The van der Waals surface area contributed by atoms with Crippen LogP contribution in [0.25, 0.3) is 0 Å². The van der Waals surface area contributed by atoms with Gasteiger partial charge < -0.3 is 5.73 Å². The van der Waals surface area contributed by atoms with Gasteiger partial charge >= 0.3 is 0 Å². The molecule has 0 spiro atoms. The fourth-order valence-electron chi connectivity index (χ4n) is 1.01. The van der Waals surface area contributed by atoms with Crippen molar-refractivity contribution in [2.24, 2.45) is 10.8 Å². The maximum Gasteiger partial charge on any atom is 0.184 e. The lowest BCUT2D eigenvalue weighted by molar-refractivity contribution is 1.04. The van der Waals surface area contributed by atoms with Crippen molar-refractivity contribution in [3.8, 4) is 0 Å². The van der Waals surface area contributed by atoms with Crippen LogP contribution in [0.1, 0.15) is 18.1 Å². The molecule has 0 radical (unpaired) electrons. The third kappa shape index (κ3) is 3.53. The third-order valence-electron chi connectivity index (χ3n) is 1.78. The zero-order chi connectivity index (χ0) is 10.4. The first-order valence-electron chi connectivity index (χ1n) is 4.40. The number of nitrogens with two attached hydrogens (primary N) is 1. The van der Waals surface area contributed by atoms with E-state index < -0.39 is 0 Å². The summed E-state index contributed by atoms with van der Waals surface area (Å²) < 4.78 is 0. The number of thiocarbonyl (C=S) groups is 1. The summed E-state index contributed by atoms with van der Waals surface area (Å²) in [6.45, 7) is 2.12. The molecular weight excluding hydrogens is 194 g/mol. The van der Waals surface area contributed by atoms with Crippen LogP contribution in [-0.2, 0) is 6.42 Å². The predicted octanol–water partition coefficient (Wildman–Crippen LogP) is 1.42. The number of hydrogen-bond acceptors (Lipinski definition) is 2. The topological polar surface area (TPSA) is 50.4 Å². The number of hydrogen-bond donors (Lipinski definition) is 2. The lowest BCUT2D eigenvalue weighted by atomic mass is 10.1. The number of nitrogens with zero attached hydrogens (tertiary/aromatic N) is 1. The molecule has 0 amide bonds. The number of rotatable bonds is 3. The molecule has 3 nitrogen and oxygen atoms in total. The predicted molar refractivity (Wildman–Crippen MR) is 63.3 cm³/mol. The quantitative estimate of drug-likeness (QED) is 0.448. The van der Waals surface area contributed by atoms with Crippen LogP contribution >= 0.6 is 12.2 Å². The lowest BCUT2D eigenvalue weighted by Crippen LogP contribution is -2.23. The number of hydrazone groups is 1. The third-order valence-corrected chi connectivity index (χ3v) is 1.87. The van der Waals surface area contributed by atoms with E-state index in [2.05, 4.69) is 41.8 Å². The highest BCUT2D eigenvalue weighted by molar-refractivity contribution is 7.80. The van der Waals surface area contributed by atoms with Crippen LogP contribution in [0.15, 0.2) is 29.4 Å². The van der Waals surface area contributed by atoms with Crippen molar-refractivity contribution in [2.45, 2.75) is 13.3 Å². The average Bonchev–Trinajstić information content (AvgIpc) is 2.18. The molecule has 0 heterocycles. The van der Waals surface area contributed by atoms with Crippen molar-refractivity contribution < 1.29 is 0 Å². The standard InChI is InChI=1S/C10H13N3S/c1-2-8-3-5-9(6-4-8)7-12-13-10(11)14/h3-7H,2H2,1H3,(H3,11,13,14)/b12-7+. The summed E-state index contributed by atoms with van der Waals surface area (Å²) in [6.07, 6.45) is 2.72. The minimum absolute atomic E-state index is 0.173. The molecule has 0 fully saturated rings. The van der Waals surface area contributed by atoms with Gasteiger partial charge in [0.25, 0.3) is 0 Å². The Morgan fingerprint density at radius 2 is 2.14 bits per heavy atom. The Bertz CT molecular complexity index is 330. The summed E-state index contributed by atoms with van der Waals surface area (Å²) >= 11 is 4.60. The van der Waals surface area contributed by atoms with Gasteiger partial charge in [-0.2, -0.15) is 5.10 Å². The minimum Gasteiger partial charge on any atom is -0.375 e. The molecule has 14 heavy (non-hydrogen) atoms. The molecule has 0 aliphatic heterocycles. The maximum atomic E-state index is 5.21. The second-order valence-electron chi connectivity index (χ2n) is 2.83. The molecule has 1 aromatic carbocycles. The van der Waals surface area contributed by atoms with E-state index in [0.717, 1.165) is 12.0 Å². The van der Waals surface area contributed by atoms with Crippen molar-refractivity contribution in [3.05, 3.63) is 35.4 Å². The fourth-order valence-corrected chi connectivity index (χ4v) is 1.06. The average molecular weight is 207 g/mol. The van der Waals surface area contributed by atoms with Gasteiger partial charge in [0.1, 0.15) is 0 Å². The van der Waals surface area contributed by atoms with Crippen LogP contribution in [0.5, 0.6) is 0 Å². The fraction of sp³-hybridized carbons (Fsp3) is 0.200. The van der Waals surface area contributed by atoms with E-state index in [4.69, 9.17) is 5.73 Å². The van der Waals surface area contributed by atoms with E-state index >= 15 is 0 Å². The van der Waals surface area contributed by atoms with Crippen molar-refractivity contribution in [2.75, 3.05) is 0 Å². The number of benzene rings is 1. The van der Waals surface area contributed by atoms with Crippen LogP contribution < -0.4 is 11.2 Å². The summed E-state index contributed by atoms with van der Waals surface area (Å²) in [5.74, 6) is 0. The van der Waals surface area contributed by atoms with Crippen LogP contribution in [-0.4, -0.2) is 11.3 Å². The van der Waals surface area contributed by atoms with Gasteiger partial charge in [0.2, 0.25) is 0 Å². The largest absolute Gasteiger partial charge is 0.375 e. The SMILES string of the molecule is CCc1ccc(/C=N/NC(N)=S)cc1. The van der Waals surface area contributed by atoms with Gasteiger partial charge in [-0.1, -0.05) is 31.2 Å². The zero-order valence-corrected chi connectivity index (χ0v) is 8.84. The van der Waals surface area contributed by atoms with Crippen molar-refractivity contribution in [1.29, 1.82) is 0 Å². The van der Waals surface area contributed by atoms with Gasteiger partial charge in [0.05, 0.1) is 6.21 Å². The molecule has 1 aromatic rings. The molecule has 0 aromatic heterocycles. The van der Waals surface area contributed by atoms with E-state index in [1.807, 2.05) is 12.1 Å². The zero-order valence-electron chi connectivity index (χ0n) is 8.03. The highest BCUT2D eigenvalue weighted by Gasteiger charge is 1.89. The van der Waals surface area contributed by atoms with Gasteiger partial charge in [0.15, 0.2) is 5.11 Å². The first-order valence-corrected chi connectivity index (χ1v) is 4.80. The first kappa shape index (κ1) is 10.7. The van der Waals surface area contributed by atoms with Crippen LogP contribution in [0, 0.1) is 0 Å². The first-order chi connectivity index (χ1) is 6.72.